The van der Waals surface area contributed by atoms with Crippen molar-refractivity contribution in [3.63, 3.8) is 0 Å². The molecule has 3 aromatic carbocycles. The van der Waals surface area contributed by atoms with Gasteiger partial charge in [-0.1, -0.05) is 24.3 Å². The highest BCUT2D eigenvalue weighted by molar-refractivity contribution is 6.51. The van der Waals surface area contributed by atoms with Crippen LogP contribution in [0.4, 0.5) is 14.5 Å². The first kappa shape index (κ1) is 24.9. The van der Waals surface area contributed by atoms with Gasteiger partial charge in [-0.3, -0.25) is 14.5 Å². The van der Waals surface area contributed by atoms with Crippen LogP contribution in [0.1, 0.15) is 37.9 Å². The molecule has 1 heterocycles. The van der Waals surface area contributed by atoms with Gasteiger partial charge >= 0.3 is 0 Å². The van der Waals surface area contributed by atoms with Gasteiger partial charge in [0.25, 0.3) is 11.7 Å². The molecule has 1 unspecified atom stereocenters. The summed E-state index contributed by atoms with van der Waals surface area (Å²) in [5, 5.41) is 11.3. The average Bonchev–Trinajstić information content (AvgIpc) is 3.11. The maximum atomic E-state index is 14.1. The number of aliphatic hydroxyl groups excluding tert-OH is 1. The first-order valence-corrected chi connectivity index (χ1v) is 11.5. The van der Waals surface area contributed by atoms with Gasteiger partial charge in [0.1, 0.15) is 17.3 Å². The van der Waals surface area contributed by atoms with Crippen LogP contribution in [-0.2, 0) is 9.59 Å². The van der Waals surface area contributed by atoms with E-state index in [0.717, 1.165) is 17.0 Å². The van der Waals surface area contributed by atoms with Gasteiger partial charge in [-0.25, -0.2) is 8.78 Å². The molecule has 1 saturated heterocycles. The van der Waals surface area contributed by atoms with E-state index >= 15 is 0 Å². The van der Waals surface area contributed by atoms with E-state index in [-0.39, 0.29) is 22.9 Å². The van der Waals surface area contributed by atoms with Crippen LogP contribution in [0, 0.1) is 11.6 Å². The summed E-state index contributed by atoms with van der Waals surface area (Å²) in [6.07, 6.45) is -0.120. The van der Waals surface area contributed by atoms with Crippen LogP contribution >= 0.6 is 0 Å². The number of hydrogen-bond acceptors (Lipinski definition) is 5. The molecule has 1 aliphatic heterocycles. The Hall–Kier alpha value is -4.20. The predicted octanol–water partition coefficient (Wildman–Crippen LogP) is 5.78. The van der Waals surface area contributed by atoms with Gasteiger partial charge in [-0.15, -0.1) is 0 Å². The van der Waals surface area contributed by atoms with Crippen molar-refractivity contribution < 1.29 is 33.0 Å². The number of ketones is 1. The van der Waals surface area contributed by atoms with Crippen molar-refractivity contribution in [3.05, 3.63) is 95.1 Å². The molecule has 6 nitrogen and oxygen atoms in total. The first-order chi connectivity index (χ1) is 17.2. The van der Waals surface area contributed by atoms with E-state index in [2.05, 4.69) is 0 Å². The molecule has 186 valence electrons. The Morgan fingerprint density at radius 2 is 1.69 bits per heavy atom. The average molecular weight is 494 g/mol. The summed E-state index contributed by atoms with van der Waals surface area (Å²) in [4.78, 5) is 27.5. The summed E-state index contributed by atoms with van der Waals surface area (Å²) >= 11 is 0. The molecular weight excluding hydrogens is 468 g/mol. The van der Waals surface area contributed by atoms with E-state index in [1.54, 1.807) is 48.5 Å². The summed E-state index contributed by atoms with van der Waals surface area (Å²) < 4.78 is 38.9. The Morgan fingerprint density at radius 1 is 0.972 bits per heavy atom. The van der Waals surface area contributed by atoms with Gasteiger partial charge in [0, 0.05) is 17.3 Å². The zero-order valence-corrected chi connectivity index (χ0v) is 20.0. The van der Waals surface area contributed by atoms with Crippen molar-refractivity contribution in [3.8, 4) is 11.5 Å². The third-order valence-corrected chi connectivity index (χ3v) is 5.61. The number of amides is 1. The fraction of sp³-hybridized carbons (Fsp3) is 0.214. The Bertz CT molecular complexity index is 1330. The molecular formula is C28H25F2NO5. The molecule has 0 aromatic heterocycles. The number of aliphatic hydroxyl groups is 1. The van der Waals surface area contributed by atoms with Crippen LogP contribution in [0.5, 0.6) is 11.5 Å². The normalized spacial score (nSPS) is 17.1. The van der Waals surface area contributed by atoms with Crippen LogP contribution in [0.2, 0.25) is 0 Å². The van der Waals surface area contributed by atoms with E-state index in [0.29, 0.717) is 23.7 Å². The Labute approximate surface area is 207 Å². The Balaban J connectivity index is 1.89. The highest BCUT2D eigenvalue weighted by Crippen LogP contribution is 2.43. The van der Waals surface area contributed by atoms with Gasteiger partial charge in [0.05, 0.1) is 24.3 Å². The number of hydrogen-bond donors (Lipinski definition) is 1. The molecule has 1 fully saturated rings. The molecule has 4 rings (SSSR count). The number of carbonyl (C=O) groups excluding carboxylic acids is 2. The predicted molar refractivity (Wildman–Crippen MR) is 131 cm³/mol. The maximum Gasteiger partial charge on any atom is 0.300 e. The second kappa shape index (κ2) is 10.2. The molecule has 36 heavy (non-hydrogen) atoms. The minimum atomic E-state index is -1.17. The molecule has 0 spiro atoms. The first-order valence-electron chi connectivity index (χ1n) is 11.5. The van der Waals surface area contributed by atoms with Crippen molar-refractivity contribution in [2.75, 3.05) is 11.5 Å². The molecule has 0 radical (unpaired) electrons. The van der Waals surface area contributed by atoms with Crippen molar-refractivity contribution in [1.29, 1.82) is 0 Å². The molecule has 0 saturated carbocycles. The molecule has 3 aromatic rings. The van der Waals surface area contributed by atoms with Crippen LogP contribution < -0.4 is 14.4 Å². The van der Waals surface area contributed by atoms with E-state index in [1.807, 2.05) is 20.8 Å². The zero-order chi connectivity index (χ0) is 26.0. The third-order valence-electron chi connectivity index (χ3n) is 5.61. The number of anilines is 1. The van der Waals surface area contributed by atoms with Crippen molar-refractivity contribution in [1.82, 2.24) is 0 Å². The van der Waals surface area contributed by atoms with E-state index in [9.17, 15) is 23.5 Å². The lowest BCUT2D eigenvalue weighted by Crippen LogP contribution is -2.29. The SMILES string of the molecule is CCOc1ccc(C2/C(=C(\O)c3cccc(OC(C)C)c3)C(=O)C(=O)N2c2ccc(F)c(F)c2)cc1. The largest absolute Gasteiger partial charge is 0.507 e. The maximum absolute atomic E-state index is 14.1. The quantitative estimate of drug-likeness (QED) is 0.257. The van der Waals surface area contributed by atoms with Crippen molar-refractivity contribution >= 4 is 23.1 Å². The molecule has 1 aliphatic rings. The third kappa shape index (κ3) is 4.79. The summed E-state index contributed by atoms with van der Waals surface area (Å²) in [6, 6.07) is 15.0. The molecule has 0 bridgehead atoms. The lowest BCUT2D eigenvalue weighted by Gasteiger charge is -2.25. The molecule has 8 heteroatoms. The zero-order valence-electron chi connectivity index (χ0n) is 20.0. The summed E-state index contributed by atoms with van der Waals surface area (Å²) in [5.41, 5.74) is 0.535. The van der Waals surface area contributed by atoms with Crippen molar-refractivity contribution in [2.45, 2.75) is 32.9 Å². The molecule has 1 atom stereocenters. The number of benzene rings is 3. The van der Waals surface area contributed by atoms with Gasteiger partial charge in [0.2, 0.25) is 0 Å². The minimum Gasteiger partial charge on any atom is -0.507 e. The number of nitrogens with zero attached hydrogens (tertiary/aromatic N) is 1. The Morgan fingerprint density at radius 3 is 2.33 bits per heavy atom. The van der Waals surface area contributed by atoms with E-state index in [1.165, 1.54) is 6.07 Å². The summed E-state index contributed by atoms with van der Waals surface area (Å²) in [6.45, 7) is 5.99. The van der Waals surface area contributed by atoms with E-state index in [4.69, 9.17) is 9.47 Å². The minimum absolute atomic E-state index is 0.0224. The fourth-order valence-electron chi connectivity index (χ4n) is 4.11. The monoisotopic (exact) mass is 493 g/mol. The fourth-order valence-corrected chi connectivity index (χ4v) is 4.11. The molecule has 1 amide bonds. The number of Topliss-reactive ketones (excluding diaryl/α,β-unsaturated/α-hetero) is 1. The molecule has 0 aliphatic carbocycles. The summed E-state index contributed by atoms with van der Waals surface area (Å²) in [5.74, 6) is -3.55. The van der Waals surface area contributed by atoms with E-state index < -0.39 is 35.1 Å². The Kier molecular flexibility index (Phi) is 7.05. The van der Waals surface area contributed by atoms with Crippen molar-refractivity contribution in [2.24, 2.45) is 0 Å². The number of carbonyl (C=O) groups is 2. The summed E-state index contributed by atoms with van der Waals surface area (Å²) in [7, 11) is 0. The lowest BCUT2D eigenvalue weighted by atomic mass is 9.95. The number of ether oxygens (including phenoxy) is 2. The van der Waals surface area contributed by atoms with Gasteiger partial charge in [-0.2, -0.15) is 0 Å². The number of rotatable bonds is 7. The highest BCUT2D eigenvalue weighted by Gasteiger charge is 2.47. The molecule has 1 N–H and O–H groups in total. The smallest absolute Gasteiger partial charge is 0.300 e. The number of halogens is 2. The van der Waals surface area contributed by atoms with Gasteiger partial charge in [0.15, 0.2) is 11.6 Å². The lowest BCUT2D eigenvalue weighted by molar-refractivity contribution is -0.132. The standard InChI is InChI=1S/C28H25F2NO5/c1-4-35-20-11-8-17(9-12-20)25-24(26(32)18-6-5-7-21(14-18)36-16(2)3)27(33)28(34)31(25)19-10-13-22(29)23(30)15-19/h5-16,25,32H,4H2,1-3H3/b26-24+. The second-order valence-corrected chi connectivity index (χ2v) is 8.46. The topological polar surface area (TPSA) is 76.1 Å². The van der Waals surface area contributed by atoms with Crippen LogP contribution in [0.25, 0.3) is 5.76 Å². The second-order valence-electron chi connectivity index (χ2n) is 8.46. The highest BCUT2D eigenvalue weighted by atomic mass is 19.2. The van der Waals surface area contributed by atoms with Gasteiger partial charge in [-0.05, 0) is 62.7 Å². The van der Waals surface area contributed by atoms with Crippen LogP contribution in [0.15, 0.2) is 72.3 Å². The van der Waals surface area contributed by atoms with Gasteiger partial charge < -0.3 is 14.6 Å². The van der Waals surface area contributed by atoms with Crippen LogP contribution in [0.3, 0.4) is 0 Å². The van der Waals surface area contributed by atoms with Crippen LogP contribution in [-0.4, -0.2) is 29.5 Å².